The summed E-state index contributed by atoms with van der Waals surface area (Å²) in [5.41, 5.74) is 0.357. The summed E-state index contributed by atoms with van der Waals surface area (Å²) in [6, 6.07) is 6.01. The Hall–Kier alpha value is -2.46. The number of sulfonamides is 1. The van der Waals surface area contributed by atoms with Crippen LogP contribution >= 0.6 is 0 Å². The highest BCUT2D eigenvalue weighted by Gasteiger charge is 2.20. The number of carbonyl (C=O) groups excluding carboxylic acids is 2. The van der Waals surface area contributed by atoms with Gasteiger partial charge < -0.3 is 10.1 Å². The van der Waals surface area contributed by atoms with Crippen LogP contribution in [0.2, 0.25) is 0 Å². The van der Waals surface area contributed by atoms with Gasteiger partial charge in [-0.3, -0.25) is 24.2 Å². The maximum Gasteiger partial charge on any atom is 0.320 e. The molecule has 0 saturated heterocycles. The lowest BCUT2D eigenvalue weighted by Crippen LogP contribution is -2.41. The molecule has 2 rings (SSSR count). The molecule has 1 amide bonds. The number of nitrogens with zero attached hydrogens (tertiary/aromatic N) is 2. The fourth-order valence-electron chi connectivity index (χ4n) is 3.09. The maximum absolute atomic E-state index is 12.7. The Balaban J connectivity index is 2.04. The fraction of sp³-hybridized carbons (Fsp3) is 0.571. The van der Waals surface area contributed by atoms with E-state index in [1.54, 1.807) is 24.0 Å². The Morgan fingerprint density at radius 1 is 1.19 bits per heavy atom. The van der Waals surface area contributed by atoms with E-state index < -0.39 is 16.0 Å². The van der Waals surface area contributed by atoms with Crippen molar-refractivity contribution in [3.8, 4) is 0 Å². The molecule has 9 nitrogen and oxygen atoms in total. The third kappa shape index (κ3) is 8.29. The molecular weight excluding hydrogens is 420 g/mol. The van der Waals surface area contributed by atoms with Crippen LogP contribution in [0, 0.1) is 0 Å². The summed E-state index contributed by atoms with van der Waals surface area (Å²) in [4.78, 5) is 30.3. The first kappa shape index (κ1) is 24.8. The van der Waals surface area contributed by atoms with Crippen LogP contribution in [0.4, 0.5) is 5.69 Å². The molecule has 0 spiro atoms. The Morgan fingerprint density at radius 2 is 1.97 bits per heavy atom. The second kappa shape index (κ2) is 11.8. The van der Waals surface area contributed by atoms with Gasteiger partial charge in [-0.2, -0.15) is 0 Å². The standard InChI is InChI=1S/C21H32N4O5S/c1-4-30-21(27)15-25(16(2)3)14-20(26)23-17-9-8-10-18(13-17)31(28,29)24-19-11-6-5-7-12-22-19/h8-10,13,16H,4-7,11-12,14-15H2,1-3H3,(H,22,24)(H,23,26). The zero-order chi connectivity index (χ0) is 22.9. The lowest BCUT2D eigenvalue weighted by Gasteiger charge is -2.24. The van der Waals surface area contributed by atoms with Crippen LogP contribution in [0.5, 0.6) is 0 Å². The molecule has 0 atom stereocenters. The molecule has 0 aliphatic carbocycles. The summed E-state index contributed by atoms with van der Waals surface area (Å²) in [6.07, 6.45) is 3.48. The number of ether oxygens (including phenoxy) is 1. The lowest BCUT2D eigenvalue weighted by atomic mass is 10.2. The number of carbonyl (C=O) groups is 2. The van der Waals surface area contributed by atoms with E-state index in [9.17, 15) is 18.0 Å². The van der Waals surface area contributed by atoms with Gasteiger partial charge in [-0.15, -0.1) is 0 Å². The van der Waals surface area contributed by atoms with Crippen molar-refractivity contribution >= 4 is 33.4 Å². The zero-order valence-electron chi connectivity index (χ0n) is 18.4. The predicted octanol–water partition coefficient (Wildman–Crippen LogP) is 2.15. The highest BCUT2D eigenvalue weighted by molar-refractivity contribution is 7.90. The third-order valence-corrected chi connectivity index (χ3v) is 6.15. The van der Waals surface area contributed by atoms with E-state index in [-0.39, 0.29) is 36.5 Å². The molecule has 1 aromatic carbocycles. The molecule has 0 fully saturated rings. The minimum atomic E-state index is -3.80. The van der Waals surface area contributed by atoms with Gasteiger partial charge in [0, 0.05) is 24.7 Å². The highest BCUT2D eigenvalue weighted by atomic mass is 32.2. The van der Waals surface area contributed by atoms with Gasteiger partial charge in [-0.1, -0.05) is 12.5 Å². The molecular formula is C21H32N4O5S. The molecule has 0 bridgehead atoms. The topological polar surface area (TPSA) is 117 Å². The fourth-order valence-corrected chi connectivity index (χ4v) is 4.23. The molecule has 1 aliphatic rings. The van der Waals surface area contributed by atoms with Gasteiger partial charge in [0.1, 0.15) is 5.84 Å². The van der Waals surface area contributed by atoms with Crippen molar-refractivity contribution in [1.82, 2.24) is 9.62 Å². The van der Waals surface area contributed by atoms with Gasteiger partial charge in [0.05, 0.1) is 24.6 Å². The number of rotatable bonds is 9. The first-order valence-electron chi connectivity index (χ1n) is 10.6. The molecule has 31 heavy (non-hydrogen) atoms. The van der Waals surface area contributed by atoms with Gasteiger partial charge in [0.15, 0.2) is 0 Å². The first-order chi connectivity index (χ1) is 14.7. The van der Waals surface area contributed by atoms with E-state index in [2.05, 4.69) is 15.0 Å². The van der Waals surface area contributed by atoms with E-state index in [1.165, 1.54) is 12.1 Å². The Morgan fingerprint density at radius 3 is 2.68 bits per heavy atom. The van der Waals surface area contributed by atoms with Gasteiger partial charge in [-0.25, -0.2) is 8.42 Å². The second-order valence-electron chi connectivity index (χ2n) is 7.62. The smallest absolute Gasteiger partial charge is 0.320 e. The minimum absolute atomic E-state index is 0.000618. The van der Waals surface area contributed by atoms with Gasteiger partial charge in [0.2, 0.25) is 5.91 Å². The summed E-state index contributed by atoms with van der Waals surface area (Å²) in [5.74, 6) is -0.281. The Bertz CT molecular complexity index is 899. The predicted molar refractivity (Wildman–Crippen MR) is 120 cm³/mol. The van der Waals surface area contributed by atoms with E-state index in [1.807, 2.05) is 13.8 Å². The van der Waals surface area contributed by atoms with Crippen molar-refractivity contribution in [3.63, 3.8) is 0 Å². The number of hydrogen-bond acceptors (Lipinski definition) is 7. The largest absolute Gasteiger partial charge is 0.465 e. The van der Waals surface area contributed by atoms with Crippen molar-refractivity contribution in [2.24, 2.45) is 4.99 Å². The summed E-state index contributed by atoms with van der Waals surface area (Å²) >= 11 is 0. The molecule has 1 heterocycles. The number of benzene rings is 1. The van der Waals surface area contributed by atoms with Crippen molar-refractivity contribution in [3.05, 3.63) is 24.3 Å². The molecule has 10 heteroatoms. The number of amides is 1. The van der Waals surface area contributed by atoms with Crippen molar-refractivity contribution in [2.45, 2.75) is 57.4 Å². The molecule has 2 N–H and O–H groups in total. The van der Waals surface area contributed by atoms with Crippen LogP contribution < -0.4 is 10.0 Å². The Labute approximate surface area is 184 Å². The van der Waals surface area contributed by atoms with Crippen LogP contribution in [-0.4, -0.2) is 63.3 Å². The number of anilines is 1. The van der Waals surface area contributed by atoms with E-state index in [0.29, 0.717) is 24.5 Å². The van der Waals surface area contributed by atoms with Gasteiger partial charge in [-0.05, 0) is 51.8 Å². The van der Waals surface area contributed by atoms with Crippen LogP contribution in [0.1, 0.15) is 46.5 Å². The maximum atomic E-state index is 12.7. The molecule has 1 aliphatic heterocycles. The molecule has 0 aromatic heterocycles. The van der Waals surface area contributed by atoms with E-state index >= 15 is 0 Å². The van der Waals surface area contributed by atoms with E-state index in [0.717, 1.165) is 19.3 Å². The van der Waals surface area contributed by atoms with Crippen LogP contribution in [0.25, 0.3) is 0 Å². The summed E-state index contributed by atoms with van der Waals surface area (Å²) in [6.45, 7) is 6.35. The third-order valence-electron chi connectivity index (χ3n) is 4.77. The van der Waals surface area contributed by atoms with Crippen LogP contribution in [0.15, 0.2) is 34.2 Å². The molecule has 1 aromatic rings. The van der Waals surface area contributed by atoms with E-state index in [4.69, 9.17) is 4.74 Å². The number of esters is 1. The number of hydrogen-bond donors (Lipinski definition) is 2. The summed E-state index contributed by atoms with van der Waals surface area (Å²) in [5, 5.41) is 2.70. The number of amidine groups is 1. The van der Waals surface area contributed by atoms with Crippen LogP contribution in [0.3, 0.4) is 0 Å². The van der Waals surface area contributed by atoms with Crippen LogP contribution in [-0.2, 0) is 24.3 Å². The monoisotopic (exact) mass is 452 g/mol. The number of nitrogens with one attached hydrogen (secondary N) is 2. The van der Waals surface area contributed by atoms with Crippen molar-refractivity contribution in [1.29, 1.82) is 0 Å². The molecule has 0 unspecified atom stereocenters. The number of aliphatic imine (C=N–C) groups is 1. The minimum Gasteiger partial charge on any atom is -0.465 e. The average Bonchev–Trinajstić information content (AvgIpc) is 2.96. The van der Waals surface area contributed by atoms with Gasteiger partial charge >= 0.3 is 5.97 Å². The summed E-state index contributed by atoms with van der Waals surface area (Å²) < 4.78 is 33.0. The Kier molecular flexibility index (Phi) is 9.44. The average molecular weight is 453 g/mol. The zero-order valence-corrected chi connectivity index (χ0v) is 19.2. The summed E-state index contributed by atoms with van der Waals surface area (Å²) in [7, 11) is -3.80. The second-order valence-corrected chi connectivity index (χ2v) is 9.31. The highest BCUT2D eigenvalue weighted by Crippen LogP contribution is 2.17. The van der Waals surface area contributed by atoms with Gasteiger partial charge in [0.25, 0.3) is 10.0 Å². The molecule has 0 radical (unpaired) electrons. The SMILES string of the molecule is CCOC(=O)CN(CC(=O)Nc1cccc(S(=O)(=O)NC2=NCCCCC2)c1)C(C)C. The lowest BCUT2D eigenvalue weighted by molar-refractivity contribution is -0.145. The first-order valence-corrected chi connectivity index (χ1v) is 12.1. The molecule has 0 saturated carbocycles. The van der Waals surface area contributed by atoms with Crippen molar-refractivity contribution < 1.29 is 22.7 Å². The molecule has 172 valence electrons. The normalized spacial score (nSPS) is 14.7. The van der Waals surface area contributed by atoms with Crippen molar-refractivity contribution in [2.75, 3.05) is 31.6 Å². The quantitative estimate of drug-likeness (QED) is 0.555.